The second-order valence-electron chi connectivity index (χ2n) is 4.73. The molecule has 0 saturated carbocycles. The molecule has 0 aliphatic heterocycles. The van der Waals surface area contributed by atoms with Crippen LogP contribution in [-0.2, 0) is 12.6 Å². The third kappa shape index (κ3) is 2.82. The van der Waals surface area contributed by atoms with Crippen LogP contribution >= 0.6 is 0 Å². The van der Waals surface area contributed by atoms with Gasteiger partial charge in [0, 0.05) is 19.8 Å². The summed E-state index contributed by atoms with van der Waals surface area (Å²) >= 11 is 0. The minimum absolute atomic E-state index is 0.225. The number of aromatic nitrogens is 2. The van der Waals surface area contributed by atoms with Gasteiger partial charge in [-0.25, -0.2) is 0 Å². The van der Waals surface area contributed by atoms with Crippen LogP contribution in [0.3, 0.4) is 0 Å². The quantitative estimate of drug-likeness (QED) is 0.860. The van der Waals surface area contributed by atoms with Gasteiger partial charge in [-0.2, -0.15) is 5.10 Å². The SMILES string of the molecule is Cn1ccc(C(=O)NC(C)(CN)c2ccccc2)n1. The molecule has 100 valence electrons. The van der Waals surface area contributed by atoms with Crippen molar-refractivity contribution < 1.29 is 4.79 Å². The first-order valence-corrected chi connectivity index (χ1v) is 6.13. The molecule has 5 heteroatoms. The number of nitrogens with two attached hydrogens (primary N) is 1. The maximum absolute atomic E-state index is 12.2. The van der Waals surface area contributed by atoms with Crippen LogP contribution < -0.4 is 11.1 Å². The fraction of sp³-hybridized carbons (Fsp3) is 0.286. The molecule has 2 rings (SSSR count). The van der Waals surface area contributed by atoms with Gasteiger partial charge in [0.15, 0.2) is 0 Å². The van der Waals surface area contributed by atoms with E-state index in [9.17, 15) is 4.79 Å². The van der Waals surface area contributed by atoms with Crippen molar-refractivity contribution >= 4 is 5.91 Å². The maximum Gasteiger partial charge on any atom is 0.272 e. The number of amides is 1. The Bertz CT molecular complexity index is 564. The number of nitrogens with one attached hydrogen (secondary N) is 1. The Morgan fingerprint density at radius 2 is 2.05 bits per heavy atom. The molecule has 0 aliphatic carbocycles. The standard InChI is InChI=1S/C14H18N4O/c1-14(10-15,11-6-4-3-5-7-11)16-13(19)12-8-9-18(2)17-12/h3-9H,10,15H2,1-2H3,(H,16,19). The largest absolute Gasteiger partial charge is 0.340 e. The molecule has 1 aromatic heterocycles. The number of rotatable bonds is 4. The predicted molar refractivity (Wildman–Crippen MR) is 73.5 cm³/mol. The lowest BCUT2D eigenvalue weighted by Crippen LogP contribution is -2.48. The van der Waals surface area contributed by atoms with Gasteiger partial charge in [-0.05, 0) is 18.6 Å². The van der Waals surface area contributed by atoms with Crippen LogP contribution in [-0.4, -0.2) is 22.2 Å². The normalized spacial score (nSPS) is 13.8. The molecule has 1 heterocycles. The lowest BCUT2D eigenvalue weighted by Gasteiger charge is -2.29. The van der Waals surface area contributed by atoms with Crippen molar-refractivity contribution in [2.75, 3.05) is 6.54 Å². The van der Waals surface area contributed by atoms with Gasteiger partial charge >= 0.3 is 0 Å². The van der Waals surface area contributed by atoms with E-state index in [1.165, 1.54) is 0 Å². The molecule has 5 nitrogen and oxygen atoms in total. The van der Waals surface area contributed by atoms with E-state index in [1.807, 2.05) is 37.3 Å². The van der Waals surface area contributed by atoms with Gasteiger partial charge in [-0.3, -0.25) is 9.48 Å². The Morgan fingerprint density at radius 1 is 1.37 bits per heavy atom. The van der Waals surface area contributed by atoms with Crippen molar-refractivity contribution in [2.24, 2.45) is 12.8 Å². The first kappa shape index (κ1) is 13.3. The molecule has 0 spiro atoms. The van der Waals surface area contributed by atoms with E-state index in [1.54, 1.807) is 24.0 Å². The van der Waals surface area contributed by atoms with Gasteiger partial charge < -0.3 is 11.1 Å². The number of hydrogen-bond acceptors (Lipinski definition) is 3. The van der Waals surface area contributed by atoms with Crippen LogP contribution in [0.1, 0.15) is 23.0 Å². The number of carbonyl (C=O) groups is 1. The average molecular weight is 258 g/mol. The first-order valence-electron chi connectivity index (χ1n) is 6.13. The minimum Gasteiger partial charge on any atom is -0.340 e. The third-order valence-electron chi connectivity index (χ3n) is 3.15. The van der Waals surface area contributed by atoms with E-state index in [-0.39, 0.29) is 5.91 Å². The van der Waals surface area contributed by atoms with Gasteiger partial charge in [0.25, 0.3) is 5.91 Å². The molecule has 1 atom stereocenters. The third-order valence-corrected chi connectivity index (χ3v) is 3.15. The molecule has 2 aromatic rings. The molecule has 1 aromatic carbocycles. The molecule has 3 N–H and O–H groups in total. The smallest absolute Gasteiger partial charge is 0.272 e. The molecular weight excluding hydrogens is 240 g/mol. The van der Waals surface area contributed by atoms with Crippen molar-refractivity contribution in [3.63, 3.8) is 0 Å². The highest BCUT2D eigenvalue weighted by Crippen LogP contribution is 2.19. The van der Waals surface area contributed by atoms with Crippen molar-refractivity contribution in [3.8, 4) is 0 Å². The second kappa shape index (κ2) is 5.24. The molecule has 1 amide bonds. The number of carbonyl (C=O) groups excluding carboxylic acids is 1. The van der Waals surface area contributed by atoms with Gasteiger partial charge in [0.1, 0.15) is 5.69 Å². The van der Waals surface area contributed by atoms with Crippen LogP contribution in [0.2, 0.25) is 0 Å². The van der Waals surface area contributed by atoms with E-state index >= 15 is 0 Å². The van der Waals surface area contributed by atoms with E-state index in [0.29, 0.717) is 12.2 Å². The second-order valence-corrected chi connectivity index (χ2v) is 4.73. The average Bonchev–Trinajstić information content (AvgIpc) is 2.86. The molecular formula is C14H18N4O. The van der Waals surface area contributed by atoms with Gasteiger partial charge in [-0.15, -0.1) is 0 Å². The lowest BCUT2D eigenvalue weighted by atomic mass is 9.92. The van der Waals surface area contributed by atoms with E-state index in [2.05, 4.69) is 10.4 Å². The number of aryl methyl sites for hydroxylation is 1. The van der Waals surface area contributed by atoms with Gasteiger partial charge in [-0.1, -0.05) is 30.3 Å². The van der Waals surface area contributed by atoms with Crippen LogP contribution in [0, 0.1) is 0 Å². The Hall–Kier alpha value is -2.14. The highest BCUT2D eigenvalue weighted by atomic mass is 16.2. The number of hydrogen-bond donors (Lipinski definition) is 2. The van der Waals surface area contributed by atoms with E-state index < -0.39 is 5.54 Å². The fourth-order valence-corrected chi connectivity index (χ4v) is 1.90. The van der Waals surface area contributed by atoms with Crippen LogP contribution in [0.15, 0.2) is 42.6 Å². The van der Waals surface area contributed by atoms with Gasteiger partial charge in [0.05, 0.1) is 5.54 Å². The Kier molecular flexibility index (Phi) is 3.66. The van der Waals surface area contributed by atoms with Crippen molar-refractivity contribution in [1.29, 1.82) is 0 Å². The summed E-state index contributed by atoms with van der Waals surface area (Å²) in [6.45, 7) is 2.22. The zero-order valence-electron chi connectivity index (χ0n) is 11.1. The molecule has 0 fully saturated rings. The van der Waals surface area contributed by atoms with Crippen LogP contribution in [0.5, 0.6) is 0 Å². The Morgan fingerprint density at radius 3 is 2.58 bits per heavy atom. The lowest BCUT2D eigenvalue weighted by molar-refractivity contribution is 0.0901. The maximum atomic E-state index is 12.2. The molecule has 0 saturated heterocycles. The molecule has 0 bridgehead atoms. The molecule has 19 heavy (non-hydrogen) atoms. The van der Waals surface area contributed by atoms with Crippen molar-refractivity contribution in [3.05, 3.63) is 53.9 Å². The van der Waals surface area contributed by atoms with Crippen LogP contribution in [0.25, 0.3) is 0 Å². The Balaban J connectivity index is 2.22. The summed E-state index contributed by atoms with van der Waals surface area (Å²) in [7, 11) is 1.77. The summed E-state index contributed by atoms with van der Waals surface area (Å²) in [5, 5.41) is 7.04. The highest BCUT2D eigenvalue weighted by Gasteiger charge is 2.27. The summed E-state index contributed by atoms with van der Waals surface area (Å²) in [5.41, 5.74) is 6.59. The first-order chi connectivity index (χ1) is 9.05. The zero-order chi connectivity index (χ0) is 13.9. The summed E-state index contributed by atoms with van der Waals surface area (Å²) in [5.74, 6) is -0.225. The predicted octanol–water partition coefficient (Wildman–Crippen LogP) is 1.02. The monoisotopic (exact) mass is 258 g/mol. The summed E-state index contributed by atoms with van der Waals surface area (Å²) in [6.07, 6.45) is 1.73. The van der Waals surface area contributed by atoms with Crippen molar-refractivity contribution in [2.45, 2.75) is 12.5 Å². The highest BCUT2D eigenvalue weighted by molar-refractivity contribution is 5.92. The van der Waals surface area contributed by atoms with E-state index in [4.69, 9.17) is 5.73 Å². The zero-order valence-corrected chi connectivity index (χ0v) is 11.1. The molecule has 0 radical (unpaired) electrons. The fourth-order valence-electron chi connectivity index (χ4n) is 1.90. The summed E-state index contributed by atoms with van der Waals surface area (Å²) in [6, 6.07) is 11.4. The number of benzene rings is 1. The number of nitrogens with zero attached hydrogens (tertiary/aromatic N) is 2. The molecule has 1 unspecified atom stereocenters. The topological polar surface area (TPSA) is 72.9 Å². The van der Waals surface area contributed by atoms with E-state index in [0.717, 1.165) is 5.56 Å². The van der Waals surface area contributed by atoms with Gasteiger partial charge in [0.2, 0.25) is 0 Å². The summed E-state index contributed by atoms with van der Waals surface area (Å²) in [4.78, 5) is 12.2. The minimum atomic E-state index is -0.601. The Labute approximate surface area is 112 Å². The summed E-state index contributed by atoms with van der Waals surface area (Å²) < 4.78 is 1.59. The molecule has 0 aliphatic rings. The van der Waals surface area contributed by atoms with Crippen LogP contribution in [0.4, 0.5) is 0 Å². The van der Waals surface area contributed by atoms with Crippen molar-refractivity contribution in [1.82, 2.24) is 15.1 Å².